The van der Waals surface area contributed by atoms with Crippen LogP contribution in [0, 0.1) is 0 Å². The van der Waals surface area contributed by atoms with Crippen molar-refractivity contribution in [2.24, 2.45) is 5.73 Å². The molecule has 2 heteroatoms. The molecule has 11 heavy (non-hydrogen) atoms. The SMILES string of the molecule is COCCCCCCC(C)N. The molecule has 68 valence electrons. The summed E-state index contributed by atoms with van der Waals surface area (Å²) < 4.78 is 4.94. The molecule has 0 heterocycles. The molecule has 1 unspecified atom stereocenters. The van der Waals surface area contributed by atoms with Gasteiger partial charge in [0.2, 0.25) is 0 Å². The summed E-state index contributed by atoms with van der Waals surface area (Å²) in [6.07, 6.45) is 6.19. The number of ether oxygens (including phenoxy) is 1. The van der Waals surface area contributed by atoms with Crippen LogP contribution in [0.2, 0.25) is 0 Å². The van der Waals surface area contributed by atoms with Crippen LogP contribution in [0.4, 0.5) is 0 Å². The number of rotatable bonds is 7. The fourth-order valence-electron chi connectivity index (χ4n) is 1.07. The maximum atomic E-state index is 5.61. The molecule has 0 saturated heterocycles. The summed E-state index contributed by atoms with van der Waals surface area (Å²) in [5.41, 5.74) is 5.61. The van der Waals surface area contributed by atoms with Gasteiger partial charge in [-0.1, -0.05) is 19.3 Å². The minimum atomic E-state index is 0.373. The summed E-state index contributed by atoms with van der Waals surface area (Å²) in [5.74, 6) is 0. The van der Waals surface area contributed by atoms with E-state index in [9.17, 15) is 0 Å². The molecular weight excluding hydrogens is 138 g/mol. The minimum absolute atomic E-state index is 0.373. The molecule has 1 atom stereocenters. The highest BCUT2D eigenvalue weighted by Gasteiger charge is 1.93. The lowest BCUT2D eigenvalue weighted by Crippen LogP contribution is -2.13. The Bertz CT molecular complexity index is 74.0. The molecule has 0 aliphatic heterocycles. The predicted octanol–water partition coefficient (Wildman–Crippen LogP) is 1.93. The lowest BCUT2D eigenvalue weighted by Gasteiger charge is -2.03. The highest BCUT2D eigenvalue weighted by molar-refractivity contribution is 4.52. The predicted molar refractivity (Wildman–Crippen MR) is 48.6 cm³/mol. The van der Waals surface area contributed by atoms with Crippen molar-refractivity contribution in [1.29, 1.82) is 0 Å². The molecule has 0 radical (unpaired) electrons. The van der Waals surface area contributed by atoms with Crippen molar-refractivity contribution in [3.8, 4) is 0 Å². The summed E-state index contributed by atoms with van der Waals surface area (Å²) in [7, 11) is 1.75. The summed E-state index contributed by atoms with van der Waals surface area (Å²) >= 11 is 0. The van der Waals surface area contributed by atoms with Crippen LogP contribution in [-0.2, 0) is 4.74 Å². The van der Waals surface area contributed by atoms with Gasteiger partial charge < -0.3 is 10.5 Å². The quantitative estimate of drug-likeness (QED) is 0.576. The Morgan fingerprint density at radius 2 is 1.82 bits per heavy atom. The molecule has 0 fully saturated rings. The van der Waals surface area contributed by atoms with Gasteiger partial charge in [-0.15, -0.1) is 0 Å². The van der Waals surface area contributed by atoms with Crippen LogP contribution >= 0.6 is 0 Å². The highest BCUT2D eigenvalue weighted by Crippen LogP contribution is 2.04. The number of hydrogen-bond acceptors (Lipinski definition) is 2. The van der Waals surface area contributed by atoms with Crippen molar-refractivity contribution in [3.63, 3.8) is 0 Å². The third-order valence-electron chi connectivity index (χ3n) is 1.76. The maximum Gasteiger partial charge on any atom is 0.0462 e. The summed E-state index contributed by atoms with van der Waals surface area (Å²) in [6.45, 7) is 2.97. The van der Waals surface area contributed by atoms with Crippen molar-refractivity contribution in [1.82, 2.24) is 0 Å². The normalized spacial score (nSPS) is 13.4. The van der Waals surface area contributed by atoms with Crippen LogP contribution in [-0.4, -0.2) is 19.8 Å². The van der Waals surface area contributed by atoms with Gasteiger partial charge in [0, 0.05) is 19.8 Å². The molecule has 2 N–H and O–H groups in total. The monoisotopic (exact) mass is 159 g/mol. The van der Waals surface area contributed by atoms with Gasteiger partial charge in [-0.25, -0.2) is 0 Å². The summed E-state index contributed by atoms with van der Waals surface area (Å²) in [6, 6.07) is 0.373. The molecule has 0 aromatic heterocycles. The smallest absolute Gasteiger partial charge is 0.0462 e. The van der Waals surface area contributed by atoms with Gasteiger partial charge in [0.25, 0.3) is 0 Å². The summed E-state index contributed by atoms with van der Waals surface area (Å²) in [4.78, 5) is 0. The second kappa shape index (κ2) is 8.02. The first-order valence-corrected chi connectivity index (χ1v) is 4.52. The molecule has 0 amide bonds. The van der Waals surface area contributed by atoms with E-state index in [0.717, 1.165) is 13.0 Å². The van der Waals surface area contributed by atoms with Gasteiger partial charge in [-0.2, -0.15) is 0 Å². The van der Waals surface area contributed by atoms with Crippen molar-refractivity contribution in [3.05, 3.63) is 0 Å². The first-order chi connectivity index (χ1) is 5.27. The largest absolute Gasteiger partial charge is 0.385 e. The van der Waals surface area contributed by atoms with E-state index in [0.29, 0.717) is 6.04 Å². The Balaban J connectivity index is 2.80. The Kier molecular flexibility index (Phi) is 7.96. The van der Waals surface area contributed by atoms with Crippen molar-refractivity contribution >= 4 is 0 Å². The standard InChI is InChI=1S/C9H21NO/c1-9(10)7-5-3-4-6-8-11-2/h9H,3-8,10H2,1-2H3. The van der Waals surface area contributed by atoms with E-state index < -0.39 is 0 Å². The topological polar surface area (TPSA) is 35.2 Å². The van der Waals surface area contributed by atoms with Crippen LogP contribution in [0.15, 0.2) is 0 Å². The molecule has 0 aliphatic rings. The van der Waals surface area contributed by atoms with Gasteiger partial charge in [0.1, 0.15) is 0 Å². The maximum absolute atomic E-state index is 5.61. The summed E-state index contributed by atoms with van der Waals surface area (Å²) in [5, 5.41) is 0. The molecule has 0 aromatic rings. The van der Waals surface area contributed by atoms with E-state index in [1.54, 1.807) is 7.11 Å². The van der Waals surface area contributed by atoms with Gasteiger partial charge in [0.05, 0.1) is 0 Å². The minimum Gasteiger partial charge on any atom is -0.385 e. The average Bonchev–Trinajstić information content (AvgIpc) is 1.96. The van der Waals surface area contributed by atoms with Crippen LogP contribution < -0.4 is 5.73 Å². The van der Waals surface area contributed by atoms with E-state index in [-0.39, 0.29) is 0 Å². The molecule has 0 bridgehead atoms. The fraction of sp³-hybridized carbons (Fsp3) is 1.00. The van der Waals surface area contributed by atoms with Gasteiger partial charge in [-0.3, -0.25) is 0 Å². The molecular formula is C9H21NO. The highest BCUT2D eigenvalue weighted by atomic mass is 16.5. The van der Waals surface area contributed by atoms with E-state index in [1.807, 2.05) is 0 Å². The van der Waals surface area contributed by atoms with Crippen LogP contribution in [0.25, 0.3) is 0 Å². The Labute approximate surface area is 70.1 Å². The van der Waals surface area contributed by atoms with Crippen LogP contribution in [0.3, 0.4) is 0 Å². The fourth-order valence-corrected chi connectivity index (χ4v) is 1.07. The number of methoxy groups -OCH3 is 1. The van der Waals surface area contributed by atoms with Crippen LogP contribution in [0.1, 0.15) is 39.0 Å². The molecule has 0 aliphatic carbocycles. The number of nitrogens with two attached hydrogens (primary N) is 1. The molecule has 0 rings (SSSR count). The lowest BCUT2D eigenvalue weighted by molar-refractivity contribution is 0.192. The first-order valence-electron chi connectivity index (χ1n) is 4.52. The van der Waals surface area contributed by atoms with E-state index in [2.05, 4.69) is 6.92 Å². The van der Waals surface area contributed by atoms with Gasteiger partial charge >= 0.3 is 0 Å². The molecule has 0 spiro atoms. The van der Waals surface area contributed by atoms with Crippen LogP contribution in [0.5, 0.6) is 0 Å². The van der Waals surface area contributed by atoms with E-state index in [1.165, 1.54) is 25.7 Å². The Hall–Kier alpha value is -0.0800. The Morgan fingerprint density at radius 1 is 1.18 bits per heavy atom. The van der Waals surface area contributed by atoms with Gasteiger partial charge in [-0.05, 0) is 19.8 Å². The lowest BCUT2D eigenvalue weighted by atomic mass is 10.1. The second-order valence-corrected chi connectivity index (χ2v) is 3.17. The van der Waals surface area contributed by atoms with Gasteiger partial charge in [0.15, 0.2) is 0 Å². The Morgan fingerprint density at radius 3 is 2.36 bits per heavy atom. The van der Waals surface area contributed by atoms with Crippen molar-refractivity contribution in [2.75, 3.05) is 13.7 Å². The first kappa shape index (κ1) is 10.9. The van der Waals surface area contributed by atoms with E-state index >= 15 is 0 Å². The number of unbranched alkanes of at least 4 members (excludes halogenated alkanes) is 3. The average molecular weight is 159 g/mol. The third-order valence-corrected chi connectivity index (χ3v) is 1.76. The molecule has 0 saturated carbocycles. The van der Waals surface area contributed by atoms with Crippen molar-refractivity contribution in [2.45, 2.75) is 45.1 Å². The zero-order valence-electron chi connectivity index (χ0n) is 7.81. The molecule has 2 nitrogen and oxygen atoms in total. The van der Waals surface area contributed by atoms with Crippen molar-refractivity contribution < 1.29 is 4.74 Å². The number of hydrogen-bond donors (Lipinski definition) is 1. The van der Waals surface area contributed by atoms with E-state index in [4.69, 9.17) is 10.5 Å². The molecule has 0 aromatic carbocycles. The zero-order valence-corrected chi connectivity index (χ0v) is 7.81. The second-order valence-electron chi connectivity index (χ2n) is 3.17. The third kappa shape index (κ3) is 9.92. The zero-order chi connectivity index (χ0) is 8.53.